The van der Waals surface area contributed by atoms with Gasteiger partial charge >= 0.3 is 5.97 Å². The second-order valence-electron chi connectivity index (χ2n) is 3.99. The van der Waals surface area contributed by atoms with E-state index in [0.717, 1.165) is 4.31 Å². The number of nitrogens with zero attached hydrogens (tertiary/aromatic N) is 1. The lowest BCUT2D eigenvalue weighted by atomic mass is 10.2. The van der Waals surface area contributed by atoms with Crippen LogP contribution >= 0.6 is 0 Å². The quantitative estimate of drug-likeness (QED) is 0.798. The first-order valence-electron chi connectivity index (χ1n) is 5.66. The Morgan fingerprint density at radius 2 is 2.00 bits per heavy atom. The summed E-state index contributed by atoms with van der Waals surface area (Å²) in [6.45, 7) is 1.22. The van der Waals surface area contributed by atoms with Gasteiger partial charge in [-0.3, -0.25) is 4.79 Å². The summed E-state index contributed by atoms with van der Waals surface area (Å²) in [5.41, 5.74) is 0.579. The van der Waals surface area contributed by atoms with Crippen molar-refractivity contribution in [3.05, 3.63) is 29.8 Å². The predicted octanol–water partition coefficient (Wildman–Crippen LogP) is 0.717. The van der Waals surface area contributed by atoms with Crippen LogP contribution in [-0.4, -0.2) is 50.6 Å². The Hall–Kier alpha value is -1.44. The summed E-state index contributed by atoms with van der Waals surface area (Å²) in [5.74, 6) is -1.20. The van der Waals surface area contributed by atoms with Crippen molar-refractivity contribution < 1.29 is 23.1 Å². The van der Waals surface area contributed by atoms with E-state index in [4.69, 9.17) is 9.84 Å². The molecule has 1 rings (SSSR count). The summed E-state index contributed by atoms with van der Waals surface area (Å²) in [6.07, 6.45) is 0. The van der Waals surface area contributed by atoms with E-state index in [0.29, 0.717) is 5.56 Å². The van der Waals surface area contributed by atoms with Crippen LogP contribution in [0.1, 0.15) is 5.56 Å². The first-order valence-corrected chi connectivity index (χ1v) is 7.10. The van der Waals surface area contributed by atoms with Crippen molar-refractivity contribution in [1.82, 2.24) is 4.31 Å². The molecule has 19 heavy (non-hydrogen) atoms. The average molecular weight is 287 g/mol. The van der Waals surface area contributed by atoms with Gasteiger partial charge in [0.05, 0.1) is 11.5 Å². The van der Waals surface area contributed by atoms with Crippen molar-refractivity contribution in [2.75, 3.05) is 26.8 Å². The third-order valence-corrected chi connectivity index (χ3v) is 4.57. The molecule has 0 bridgehead atoms. The Morgan fingerprint density at radius 1 is 1.37 bits per heavy atom. The highest BCUT2D eigenvalue weighted by Gasteiger charge is 2.27. The van der Waals surface area contributed by atoms with Crippen molar-refractivity contribution in [3.8, 4) is 0 Å². The van der Waals surface area contributed by atoms with E-state index in [-0.39, 0.29) is 18.0 Å². The van der Waals surface area contributed by atoms with Crippen molar-refractivity contribution in [2.24, 2.45) is 0 Å². The molecule has 0 aliphatic rings. The minimum atomic E-state index is -3.83. The number of benzene rings is 1. The Bertz CT molecular complexity index is 541. The van der Waals surface area contributed by atoms with Crippen LogP contribution in [0.4, 0.5) is 0 Å². The number of sulfonamides is 1. The molecular weight excluding hydrogens is 270 g/mol. The van der Waals surface area contributed by atoms with Crippen LogP contribution in [0.5, 0.6) is 0 Å². The molecule has 1 aromatic carbocycles. The maximum Gasteiger partial charge on any atom is 0.318 e. The van der Waals surface area contributed by atoms with Crippen molar-refractivity contribution in [2.45, 2.75) is 11.8 Å². The lowest BCUT2D eigenvalue weighted by Crippen LogP contribution is -2.38. The molecule has 1 aromatic rings. The summed E-state index contributed by atoms with van der Waals surface area (Å²) in [4.78, 5) is 10.9. The van der Waals surface area contributed by atoms with E-state index < -0.39 is 22.5 Å². The molecule has 0 radical (unpaired) electrons. The zero-order valence-corrected chi connectivity index (χ0v) is 11.7. The normalized spacial score (nSPS) is 11.7. The van der Waals surface area contributed by atoms with Crippen LogP contribution < -0.4 is 0 Å². The lowest BCUT2D eigenvalue weighted by Gasteiger charge is -2.20. The van der Waals surface area contributed by atoms with Crippen LogP contribution in [0, 0.1) is 6.92 Å². The smallest absolute Gasteiger partial charge is 0.318 e. The number of aliphatic carboxylic acids is 1. The molecule has 0 spiro atoms. The zero-order chi connectivity index (χ0) is 14.5. The molecule has 0 fully saturated rings. The molecule has 0 aliphatic heterocycles. The molecule has 6 nitrogen and oxygen atoms in total. The first-order chi connectivity index (χ1) is 8.89. The largest absolute Gasteiger partial charge is 0.480 e. The molecule has 7 heteroatoms. The molecule has 0 unspecified atom stereocenters. The molecule has 106 valence electrons. The van der Waals surface area contributed by atoms with Gasteiger partial charge in [0.25, 0.3) is 0 Å². The third kappa shape index (κ3) is 4.02. The molecule has 1 N–H and O–H groups in total. The Balaban J connectivity index is 3.12. The highest BCUT2D eigenvalue weighted by molar-refractivity contribution is 7.89. The number of hydrogen-bond acceptors (Lipinski definition) is 4. The van der Waals surface area contributed by atoms with Crippen molar-refractivity contribution >= 4 is 16.0 Å². The Morgan fingerprint density at radius 3 is 2.53 bits per heavy atom. The number of carboxylic acid groups (broad SMARTS) is 1. The van der Waals surface area contributed by atoms with Crippen LogP contribution in [0.15, 0.2) is 29.2 Å². The van der Waals surface area contributed by atoms with E-state index in [1.165, 1.54) is 13.2 Å². The van der Waals surface area contributed by atoms with E-state index >= 15 is 0 Å². The van der Waals surface area contributed by atoms with Gasteiger partial charge in [0.15, 0.2) is 0 Å². The highest BCUT2D eigenvalue weighted by atomic mass is 32.2. The topological polar surface area (TPSA) is 83.9 Å². The fraction of sp³-hybridized carbons (Fsp3) is 0.417. The van der Waals surface area contributed by atoms with Gasteiger partial charge in [-0.25, -0.2) is 8.42 Å². The van der Waals surface area contributed by atoms with Gasteiger partial charge in [-0.1, -0.05) is 18.2 Å². The van der Waals surface area contributed by atoms with Gasteiger partial charge in [0.2, 0.25) is 10.0 Å². The van der Waals surface area contributed by atoms with E-state index in [9.17, 15) is 13.2 Å². The van der Waals surface area contributed by atoms with Gasteiger partial charge in [-0.15, -0.1) is 0 Å². The molecule has 0 aliphatic carbocycles. The molecule has 0 aromatic heterocycles. The average Bonchev–Trinajstić information content (AvgIpc) is 2.34. The number of aryl methyl sites for hydroxylation is 1. The minimum Gasteiger partial charge on any atom is -0.480 e. The maximum absolute atomic E-state index is 12.4. The van der Waals surface area contributed by atoms with Gasteiger partial charge in [0.1, 0.15) is 6.54 Å². The molecule has 0 amide bonds. The first kappa shape index (κ1) is 15.6. The molecule has 0 saturated heterocycles. The Labute approximate surface area is 112 Å². The molecule has 0 atom stereocenters. The summed E-state index contributed by atoms with van der Waals surface area (Å²) in [6, 6.07) is 6.47. The number of methoxy groups -OCH3 is 1. The highest BCUT2D eigenvalue weighted by Crippen LogP contribution is 2.19. The van der Waals surface area contributed by atoms with E-state index in [2.05, 4.69) is 0 Å². The maximum atomic E-state index is 12.4. The number of rotatable bonds is 7. The van der Waals surface area contributed by atoms with E-state index in [1.54, 1.807) is 25.1 Å². The van der Waals surface area contributed by atoms with Crippen LogP contribution in [-0.2, 0) is 19.6 Å². The molecule has 0 heterocycles. The summed E-state index contributed by atoms with van der Waals surface area (Å²) in [7, 11) is -2.40. The van der Waals surface area contributed by atoms with Gasteiger partial charge in [-0.05, 0) is 18.6 Å². The second-order valence-corrected chi connectivity index (χ2v) is 5.90. The minimum absolute atomic E-state index is 0.000528. The van der Waals surface area contributed by atoms with E-state index in [1.807, 2.05) is 0 Å². The standard InChI is InChI=1S/C12H17NO5S/c1-10-5-3-4-6-11(10)19(16,17)13(7-8-18-2)9-12(14)15/h3-6H,7-9H2,1-2H3,(H,14,15). The summed E-state index contributed by atoms with van der Waals surface area (Å²) >= 11 is 0. The van der Waals surface area contributed by atoms with Crippen molar-refractivity contribution in [3.63, 3.8) is 0 Å². The summed E-state index contributed by atoms with van der Waals surface area (Å²) < 4.78 is 30.5. The predicted molar refractivity (Wildman–Crippen MR) is 69.4 cm³/mol. The Kier molecular flexibility index (Phi) is 5.46. The SMILES string of the molecule is COCCN(CC(=O)O)S(=O)(=O)c1ccccc1C. The number of carbonyl (C=O) groups is 1. The second kappa shape index (κ2) is 6.65. The molecule has 0 saturated carbocycles. The van der Waals surface area contributed by atoms with Crippen LogP contribution in [0.2, 0.25) is 0 Å². The van der Waals surface area contributed by atoms with Crippen LogP contribution in [0.25, 0.3) is 0 Å². The fourth-order valence-electron chi connectivity index (χ4n) is 1.61. The fourth-order valence-corrected chi connectivity index (χ4v) is 3.21. The monoisotopic (exact) mass is 287 g/mol. The molecular formula is C12H17NO5S. The number of ether oxygens (including phenoxy) is 1. The number of carboxylic acids is 1. The summed E-state index contributed by atoms with van der Waals surface area (Å²) in [5, 5.41) is 8.82. The lowest BCUT2D eigenvalue weighted by molar-refractivity contribution is -0.137. The van der Waals surface area contributed by atoms with Crippen LogP contribution in [0.3, 0.4) is 0 Å². The number of hydrogen-bond donors (Lipinski definition) is 1. The van der Waals surface area contributed by atoms with Crippen molar-refractivity contribution in [1.29, 1.82) is 0 Å². The van der Waals surface area contributed by atoms with Gasteiger partial charge in [0, 0.05) is 13.7 Å². The van der Waals surface area contributed by atoms with Gasteiger partial charge < -0.3 is 9.84 Å². The third-order valence-electron chi connectivity index (χ3n) is 2.57. The van der Waals surface area contributed by atoms with Gasteiger partial charge in [-0.2, -0.15) is 4.31 Å². The zero-order valence-electron chi connectivity index (χ0n) is 10.9.